The van der Waals surface area contributed by atoms with Crippen molar-refractivity contribution >= 4 is 41.7 Å². The lowest BCUT2D eigenvalue weighted by molar-refractivity contribution is -0.116. The number of anilines is 1. The number of rotatable bonds is 7. The molecule has 1 aromatic carbocycles. The largest absolute Gasteiger partial charge is 0.357 e. The summed E-state index contributed by atoms with van der Waals surface area (Å²) < 4.78 is 13.3. The first-order chi connectivity index (χ1) is 13.0. The Morgan fingerprint density at radius 2 is 1.96 bits per heavy atom. The number of halogens is 2. The molecule has 1 aromatic heterocycles. The van der Waals surface area contributed by atoms with Gasteiger partial charge in [0.2, 0.25) is 5.91 Å². The van der Waals surface area contributed by atoms with E-state index in [1.165, 1.54) is 6.07 Å². The zero-order valence-electron chi connectivity index (χ0n) is 16.4. The van der Waals surface area contributed by atoms with Gasteiger partial charge in [0.15, 0.2) is 5.96 Å². The Labute approximate surface area is 182 Å². The van der Waals surface area contributed by atoms with Gasteiger partial charge >= 0.3 is 0 Å². The van der Waals surface area contributed by atoms with Crippen LogP contribution < -0.4 is 16.0 Å². The molecule has 152 valence electrons. The number of hydrogen-bond donors (Lipinski definition) is 3. The predicted octanol–water partition coefficient (Wildman–Crippen LogP) is 3.54. The smallest absolute Gasteiger partial charge is 0.227 e. The van der Waals surface area contributed by atoms with E-state index in [1.54, 1.807) is 31.3 Å². The van der Waals surface area contributed by atoms with Gasteiger partial charge in [0, 0.05) is 25.7 Å². The minimum atomic E-state index is -0.221. The van der Waals surface area contributed by atoms with E-state index in [4.69, 9.17) is 0 Å². The van der Waals surface area contributed by atoms with Crippen LogP contribution in [0.2, 0.25) is 0 Å². The fourth-order valence-electron chi connectivity index (χ4n) is 2.36. The van der Waals surface area contributed by atoms with E-state index >= 15 is 0 Å². The normalized spacial score (nSPS) is 10.8. The van der Waals surface area contributed by atoms with Gasteiger partial charge in [0.1, 0.15) is 11.6 Å². The molecule has 0 bridgehead atoms. The molecule has 0 unspecified atom stereocenters. The van der Waals surface area contributed by atoms with Crippen LogP contribution in [0, 0.1) is 19.7 Å². The van der Waals surface area contributed by atoms with Crippen LogP contribution in [0.5, 0.6) is 0 Å². The van der Waals surface area contributed by atoms with Gasteiger partial charge in [-0.15, -0.1) is 24.0 Å². The van der Waals surface area contributed by atoms with Crippen molar-refractivity contribution in [2.45, 2.75) is 33.7 Å². The molecule has 2 rings (SSSR count). The van der Waals surface area contributed by atoms with Gasteiger partial charge in [-0.05, 0) is 49.6 Å². The molecule has 0 radical (unpaired) electrons. The molecule has 2 aromatic rings. The molecule has 0 atom stereocenters. The molecule has 8 heteroatoms. The third kappa shape index (κ3) is 8.20. The number of aromatic nitrogens is 1. The van der Waals surface area contributed by atoms with E-state index in [2.05, 4.69) is 25.9 Å². The number of benzene rings is 1. The Balaban J connectivity index is 0.00000392. The lowest BCUT2D eigenvalue weighted by Crippen LogP contribution is -2.38. The van der Waals surface area contributed by atoms with Crippen molar-refractivity contribution in [2.24, 2.45) is 4.99 Å². The first kappa shape index (κ1) is 23.8. The Morgan fingerprint density at radius 3 is 2.61 bits per heavy atom. The summed E-state index contributed by atoms with van der Waals surface area (Å²) in [4.78, 5) is 20.6. The number of guanidine groups is 1. The SMILES string of the molecule is CCNC(=NCc1ccc(F)c(C)c1)NCCC(=O)Nc1ccc(C)cn1.I. The fourth-order valence-corrected chi connectivity index (χ4v) is 2.36. The van der Waals surface area contributed by atoms with Crippen LogP contribution in [0.3, 0.4) is 0 Å². The second-order valence-electron chi connectivity index (χ2n) is 6.22. The average Bonchev–Trinajstić information content (AvgIpc) is 2.64. The minimum Gasteiger partial charge on any atom is -0.357 e. The summed E-state index contributed by atoms with van der Waals surface area (Å²) in [5.74, 6) is 0.810. The third-order valence-corrected chi connectivity index (χ3v) is 3.81. The molecule has 0 aliphatic rings. The van der Waals surface area contributed by atoms with Crippen molar-refractivity contribution in [1.82, 2.24) is 15.6 Å². The molecule has 1 heterocycles. The monoisotopic (exact) mass is 499 g/mol. The Morgan fingerprint density at radius 1 is 1.18 bits per heavy atom. The molecule has 0 saturated carbocycles. The number of carbonyl (C=O) groups is 1. The van der Waals surface area contributed by atoms with E-state index in [0.29, 0.717) is 37.0 Å². The molecule has 3 N–H and O–H groups in total. The van der Waals surface area contributed by atoms with Crippen LogP contribution in [0.1, 0.15) is 30.0 Å². The number of hydrogen-bond acceptors (Lipinski definition) is 3. The van der Waals surface area contributed by atoms with Crippen molar-refractivity contribution in [3.8, 4) is 0 Å². The number of amides is 1. The van der Waals surface area contributed by atoms with Gasteiger partial charge in [0.05, 0.1) is 6.54 Å². The maximum Gasteiger partial charge on any atom is 0.227 e. The third-order valence-electron chi connectivity index (χ3n) is 3.81. The molecule has 28 heavy (non-hydrogen) atoms. The predicted molar refractivity (Wildman–Crippen MR) is 122 cm³/mol. The van der Waals surface area contributed by atoms with E-state index in [9.17, 15) is 9.18 Å². The van der Waals surface area contributed by atoms with Gasteiger partial charge in [0.25, 0.3) is 0 Å². The molecule has 0 aliphatic heterocycles. The standard InChI is InChI=1S/C20H26FN5O.HI/c1-4-22-20(25-13-16-6-7-17(21)15(3)11-16)23-10-9-19(27)26-18-8-5-14(2)12-24-18;/h5-8,11-12H,4,9-10,13H2,1-3H3,(H2,22,23,25)(H,24,26,27);1H. The van der Waals surface area contributed by atoms with Crippen molar-refractivity contribution in [3.05, 3.63) is 59.0 Å². The second kappa shape index (κ2) is 12.3. The number of pyridine rings is 1. The number of aliphatic imine (C=N–C) groups is 1. The topological polar surface area (TPSA) is 78.4 Å². The zero-order chi connectivity index (χ0) is 19.6. The molecule has 0 saturated heterocycles. The number of nitrogens with zero attached hydrogens (tertiary/aromatic N) is 2. The van der Waals surface area contributed by atoms with Crippen molar-refractivity contribution in [2.75, 3.05) is 18.4 Å². The molecule has 1 amide bonds. The lowest BCUT2D eigenvalue weighted by atomic mass is 10.1. The van der Waals surface area contributed by atoms with Gasteiger partial charge in [-0.25, -0.2) is 14.4 Å². The summed E-state index contributed by atoms with van der Waals surface area (Å²) in [5, 5.41) is 9.01. The van der Waals surface area contributed by atoms with Crippen molar-refractivity contribution in [1.29, 1.82) is 0 Å². The number of carbonyl (C=O) groups excluding carboxylic acids is 1. The summed E-state index contributed by atoms with van der Waals surface area (Å²) in [7, 11) is 0. The summed E-state index contributed by atoms with van der Waals surface area (Å²) in [6, 6.07) is 8.62. The summed E-state index contributed by atoms with van der Waals surface area (Å²) in [5.41, 5.74) is 2.56. The molecule has 0 spiro atoms. The number of aryl methyl sites for hydroxylation is 2. The molecular formula is C20H27FIN5O. The zero-order valence-corrected chi connectivity index (χ0v) is 18.7. The first-order valence-electron chi connectivity index (χ1n) is 8.97. The van der Waals surface area contributed by atoms with Crippen LogP contribution >= 0.6 is 24.0 Å². The lowest BCUT2D eigenvalue weighted by Gasteiger charge is -2.11. The van der Waals surface area contributed by atoms with Crippen LogP contribution in [0.4, 0.5) is 10.2 Å². The van der Waals surface area contributed by atoms with E-state index in [1.807, 2.05) is 19.9 Å². The Kier molecular flexibility index (Phi) is 10.4. The summed E-state index contributed by atoms with van der Waals surface area (Å²) >= 11 is 0. The van der Waals surface area contributed by atoms with Gasteiger partial charge < -0.3 is 16.0 Å². The van der Waals surface area contributed by atoms with Gasteiger partial charge in [-0.1, -0.05) is 18.2 Å². The maximum absolute atomic E-state index is 13.3. The highest BCUT2D eigenvalue weighted by molar-refractivity contribution is 14.0. The minimum absolute atomic E-state index is 0. The van der Waals surface area contributed by atoms with Gasteiger partial charge in [-0.2, -0.15) is 0 Å². The Hall–Kier alpha value is -2.23. The highest BCUT2D eigenvalue weighted by atomic mass is 127. The van der Waals surface area contributed by atoms with Crippen LogP contribution in [-0.2, 0) is 11.3 Å². The highest BCUT2D eigenvalue weighted by Crippen LogP contribution is 2.10. The molecule has 0 fully saturated rings. The quantitative estimate of drug-likeness (QED) is 0.310. The van der Waals surface area contributed by atoms with E-state index < -0.39 is 0 Å². The fraction of sp³-hybridized carbons (Fsp3) is 0.350. The molecular weight excluding hydrogens is 472 g/mol. The molecule has 6 nitrogen and oxygen atoms in total. The molecule has 0 aliphatic carbocycles. The van der Waals surface area contributed by atoms with Crippen LogP contribution in [0.15, 0.2) is 41.5 Å². The average molecular weight is 499 g/mol. The highest BCUT2D eigenvalue weighted by Gasteiger charge is 2.05. The van der Waals surface area contributed by atoms with Crippen molar-refractivity contribution < 1.29 is 9.18 Å². The summed E-state index contributed by atoms with van der Waals surface area (Å²) in [6.45, 7) is 7.20. The van der Waals surface area contributed by atoms with Crippen LogP contribution in [0.25, 0.3) is 0 Å². The van der Waals surface area contributed by atoms with E-state index in [-0.39, 0.29) is 42.1 Å². The second-order valence-corrected chi connectivity index (χ2v) is 6.22. The van der Waals surface area contributed by atoms with Crippen LogP contribution in [-0.4, -0.2) is 29.9 Å². The number of nitrogens with one attached hydrogen (secondary N) is 3. The van der Waals surface area contributed by atoms with E-state index in [0.717, 1.165) is 11.1 Å². The van der Waals surface area contributed by atoms with Crippen molar-refractivity contribution in [3.63, 3.8) is 0 Å². The maximum atomic E-state index is 13.3. The Bertz CT molecular complexity index is 796. The van der Waals surface area contributed by atoms with Gasteiger partial charge in [-0.3, -0.25) is 4.79 Å². The first-order valence-corrected chi connectivity index (χ1v) is 8.97. The summed E-state index contributed by atoms with van der Waals surface area (Å²) in [6.07, 6.45) is 2.00.